The largest absolute Gasteiger partial charge is 0.492 e. The van der Waals surface area contributed by atoms with Crippen LogP contribution in [0.5, 0.6) is 5.75 Å². The Morgan fingerprint density at radius 2 is 1.72 bits per heavy atom. The molecule has 3 aromatic carbocycles. The highest BCUT2D eigenvalue weighted by Crippen LogP contribution is 2.43. The van der Waals surface area contributed by atoms with Crippen LogP contribution < -0.4 is 9.64 Å². The molecule has 2 aliphatic rings. The Kier molecular flexibility index (Phi) is 6.92. The zero-order chi connectivity index (χ0) is 21.8. The third-order valence-corrected chi connectivity index (χ3v) is 7.80. The van der Waals surface area contributed by atoms with Crippen molar-refractivity contribution < 1.29 is 4.74 Å². The number of anilines is 1. The third-order valence-electron chi connectivity index (χ3n) is 6.43. The average Bonchev–Trinajstić information content (AvgIpc) is 3.37. The quantitative estimate of drug-likeness (QED) is 0.394. The minimum Gasteiger partial charge on any atom is -0.492 e. The molecule has 0 amide bonds. The SMILES string of the molecule is Clc1cccc(C2CSc3ccccc3N2CC(COc2ccccc2)N2CCCC2)c1. The smallest absolute Gasteiger partial charge is 0.119 e. The molecular weight excluding hydrogens is 436 g/mol. The van der Waals surface area contributed by atoms with Gasteiger partial charge in [-0.1, -0.05) is 54.1 Å². The van der Waals surface area contributed by atoms with Gasteiger partial charge in [0.25, 0.3) is 0 Å². The van der Waals surface area contributed by atoms with Crippen molar-refractivity contribution in [3.05, 3.63) is 89.4 Å². The van der Waals surface area contributed by atoms with Gasteiger partial charge in [0, 0.05) is 22.2 Å². The van der Waals surface area contributed by atoms with Crippen LogP contribution >= 0.6 is 23.4 Å². The molecule has 2 unspecified atom stereocenters. The van der Waals surface area contributed by atoms with E-state index in [2.05, 4.69) is 52.3 Å². The normalized spacial score (nSPS) is 19.5. The first kappa shape index (κ1) is 21.7. The van der Waals surface area contributed by atoms with Crippen LogP contribution in [0.15, 0.2) is 83.8 Å². The van der Waals surface area contributed by atoms with Gasteiger partial charge in [-0.25, -0.2) is 0 Å². The fraction of sp³-hybridized carbons (Fsp3) is 0.333. The third kappa shape index (κ3) is 4.93. The Bertz CT molecular complexity index is 1020. The Morgan fingerprint density at radius 1 is 0.938 bits per heavy atom. The molecule has 0 radical (unpaired) electrons. The van der Waals surface area contributed by atoms with Gasteiger partial charge >= 0.3 is 0 Å². The van der Waals surface area contributed by atoms with E-state index in [9.17, 15) is 0 Å². The number of halogens is 1. The van der Waals surface area contributed by atoms with Gasteiger partial charge in [-0.05, 0) is 67.9 Å². The van der Waals surface area contributed by atoms with Crippen LogP contribution in [0, 0.1) is 0 Å². The average molecular weight is 465 g/mol. The van der Waals surface area contributed by atoms with E-state index in [0.29, 0.717) is 12.6 Å². The molecule has 0 saturated carbocycles. The number of para-hydroxylation sites is 2. The number of benzene rings is 3. The zero-order valence-corrected chi connectivity index (χ0v) is 19.8. The Labute approximate surface area is 200 Å². The summed E-state index contributed by atoms with van der Waals surface area (Å²) in [6, 6.07) is 28.0. The van der Waals surface area contributed by atoms with Crippen LogP contribution in [0.1, 0.15) is 24.4 Å². The van der Waals surface area contributed by atoms with Crippen LogP contribution in [-0.2, 0) is 0 Å². The van der Waals surface area contributed by atoms with Crippen molar-refractivity contribution in [2.24, 2.45) is 0 Å². The van der Waals surface area contributed by atoms with Crippen molar-refractivity contribution in [2.45, 2.75) is 29.8 Å². The molecule has 166 valence electrons. The molecule has 0 aliphatic carbocycles. The van der Waals surface area contributed by atoms with Crippen molar-refractivity contribution in [3.8, 4) is 5.75 Å². The lowest BCUT2D eigenvalue weighted by atomic mass is 10.0. The molecule has 1 saturated heterocycles. The van der Waals surface area contributed by atoms with E-state index in [0.717, 1.165) is 36.2 Å². The first-order chi connectivity index (χ1) is 15.8. The number of hydrogen-bond acceptors (Lipinski definition) is 4. The van der Waals surface area contributed by atoms with Crippen molar-refractivity contribution in [1.82, 2.24) is 4.90 Å². The van der Waals surface area contributed by atoms with Crippen LogP contribution in [0.25, 0.3) is 0 Å². The maximum Gasteiger partial charge on any atom is 0.119 e. The number of likely N-dealkylation sites (tertiary alicyclic amines) is 1. The maximum atomic E-state index is 6.39. The second-order valence-electron chi connectivity index (χ2n) is 8.52. The highest BCUT2D eigenvalue weighted by atomic mass is 35.5. The summed E-state index contributed by atoms with van der Waals surface area (Å²) >= 11 is 8.33. The number of ether oxygens (including phenoxy) is 1. The summed E-state index contributed by atoms with van der Waals surface area (Å²) in [7, 11) is 0. The molecule has 0 aromatic heterocycles. The van der Waals surface area contributed by atoms with Gasteiger partial charge < -0.3 is 9.64 Å². The van der Waals surface area contributed by atoms with Crippen LogP contribution in [0.2, 0.25) is 5.02 Å². The lowest BCUT2D eigenvalue weighted by Crippen LogP contribution is -2.48. The minimum atomic E-state index is 0.287. The van der Waals surface area contributed by atoms with E-state index in [1.165, 1.54) is 29.0 Å². The van der Waals surface area contributed by atoms with E-state index in [-0.39, 0.29) is 6.04 Å². The van der Waals surface area contributed by atoms with Crippen molar-refractivity contribution >= 4 is 29.1 Å². The molecule has 2 heterocycles. The molecule has 3 nitrogen and oxygen atoms in total. The maximum absolute atomic E-state index is 6.39. The summed E-state index contributed by atoms with van der Waals surface area (Å²) in [5, 5.41) is 0.801. The summed E-state index contributed by atoms with van der Waals surface area (Å²) in [5.74, 6) is 1.96. The fourth-order valence-corrected chi connectivity index (χ4v) is 6.19. The number of nitrogens with zero attached hydrogens (tertiary/aromatic N) is 2. The van der Waals surface area contributed by atoms with Crippen molar-refractivity contribution in [3.63, 3.8) is 0 Å². The van der Waals surface area contributed by atoms with E-state index in [1.54, 1.807) is 0 Å². The summed E-state index contributed by atoms with van der Waals surface area (Å²) in [6.07, 6.45) is 2.54. The summed E-state index contributed by atoms with van der Waals surface area (Å²) < 4.78 is 6.28. The molecule has 3 aromatic rings. The van der Waals surface area contributed by atoms with Crippen LogP contribution in [0.3, 0.4) is 0 Å². The second-order valence-corrected chi connectivity index (χ2v) is 10.0. The number of fused-ring (bicyclic) bond motifs is 1. The van der Waals surface area contributed by atoms with E-state index < -0.39 is 0 Å². The van der Waals surface area contributed by atoms with Gasteiger partial charge in [0.2, 0.25) is 0 Å². The molecule has 0 N–H and O–H groups in total. The van der Waals surface area contributed by atoms with Gasteiger partial charge in [0.1, 0.15) is 12.4 Å². The van der Waals surface area contributed by atoms with Gasteiger partial charge in [0.05, 0.1) is 17.8 Å². The summed E-state index contributed by atoms with van der Waals surface area (Å²) in [5.41, 5.74) is 2.60. The molecule has 0 spiro atoms. The Morgan fingerprint density at radius 3 is 2.53 bits per heavy atom. The monoisotopic (exact) mass is 464 g/mol. The summed E-state index contributed by atoms with van der Waals surface area (Å²) in [6.45, 7) is 3.92. The molecule has 2 atom stereocenters. The molecule has 1 fully saturated rings. The molecule has 32 heavy (non-hydrogen) atoms. The van der Waals surface area contributed by atoms with Crippen LogP contribution in [-0.4, -0.2) is 42.9 Å². The van der Waals surface area contributed by atoms with E-state index in [4.69, 9.17) is 16.3 Å². The highest BCUT2D eigenvalue weighted by molar-refractivity contribution is 7.99. The van der Waals surface area contributed by atoms with Crippen molar-refractivity contribution in [1.29, 1.82) is 0 Å². The summed E-state index contributed by atoms with van der Waals surface area (Å²) in [4.78, 5) is 6.56. The molecule has 5 heteroatoms. The minimum absolute atomic E-state index is 0.287. The number of thioether (sulfide) groups is 1. The zero-order valence-electron chi connectivity index (χ0n) is 18.2. The topological polar surface area (TPSA) is 15.7 Å². The lowest BCUT2D eigenvalue weighted by Gasteiger charge is -2.42. The molecule has 2 aliphatic heterocycles. The first-order valence-electron chi connectivity index (χ1n) is 11.4. The molecule has 5 rings (SSSR count). The second kappa shape index (κ2) is 10.2. The molecule has 0 bridgehead atoms. The van der Waals surface area contributed by atoms with E-state index >= 15 is 0 Å². The van der Waals surface area contributed by atoms with Gasteiger partial charge in [0.15, 0.2) is 0 Å². The predicted octanol–water partition coefficient (Wildman–Crippen LogP) is 6.54. The Hall–Kier alpha value is -2.14. The lowest BCUT2D eigenvalue weighted by molar-refractivity contribution is 0.161. The molecular formula is C27H29ClN2OS. The number of rotatable bonds is 7. The van der Waals surface area contributed by atoms with E-state index in [1.807, 2.05) is 48.2 Å². The van der Waals surface area contributed by atoms with Crippen LogP contribution in [0.4, 0.5) is 5.69 Å². The van der Waals surface area contributed by atoms with Gasteiger partial charge in [-0.3, -0.25) is 4.90 Å². The first-order valence-corrected chi connectivity index (χ1v) is 12.8. The van der Waals surface area contributed by atoms with Gasteiger partial charge in [-0.2, -0.15) is 0 Å². The number of hydrogen-bond donors (Lipinski definition) is 0. The highest BCUT2D eigenvalue weighted by Gasteiger charge is 2.32. The fourth-order valence-electron chi connectivity index (χ4n) is 4.78. The predicted molar refractivity (Wildman–Crippen MR) is 135 cm³/mol. The standard InChI is InChI=1S/C27H29ClN2OS/c28-22-10-8-9-21(17-22)26-20-32-27-14-5-4-13-25(27)30(26)18-23(29-15-6-7-16-29)19-31-24-11-2-1-3-12-24/h1-5,8-14,17,23,26H,6-7,15-16,18-20H2. The van der Waals surface area contributed by atoms with Gasteiger partial charge in [-0.15, -0.1) is 11.8 Å². The Balaban J connectivity index is 1.44. The van der Waals surface area contributed by atoms with Crippen molar-refractivity contribution in [2.75, 3.05) is 36.9 Å².